The largest absolute Gasteiger partial charge is 0.334 e. The summed E-state index contributed by atoms with van der Waals surface area (Å²) >= 11 is 13.7. The van der Waals surface area contributed by atoms with Crippen molar-refractivity contribution in [1.29, 1.82) is 0 Å². The normalized spacial score (nSPS) is 16.5. The van der Waals surface area contributed by atoms with Gasteiger partial charge < -0.3 is 5.32 Å². The van der Waals surface area contributed by atoms with Crippen molar-refractivity contribution in [3.8, 4) is 10.6 Å². The first-order chi connectivity index (χ1) is 19.5. The van der Waals surface area contributed by atoms with Gasteiger partial charge in [0, 0.05) is 59.1 Å². The van der Waals surface area contributed by atoms with Crippen LogP contribution in [0.25, 0.3) is 16.6 Å². The number of hydrogen-bond acceptors (Lipinski definition) is 5. The van der Waals surface area contributed by atoms with Gasteiger partial charge in [0.05, 0.1) is 0 Å². The van der Waals surface area contributed by atoms with Crippen molar-refractivity contribution in [2.75, 3.05) is 31.1 Å². The zero-order chi connectivity index (χ0) is 27.5. The lowest BCUT2D eigenvalue weighted by Crippen LogP contribution is -2.47. The highest BCUT2D eigenvalue weighted by Gasteiger charge is 2.46. The second-order valence-corrected chi connectivity index (χ2v) is 12.1. The Morgan fingerprint density at radius 1 is 1.02 bits per heavy atom. The Balaban J connectivity index is 1.19. The summed E-state index contributed by atoms with van der Waals surface area (Å²) < 4.78 is 0. The lowest BCUT2D eigenvalue weighted by Gasteiger charge is -2.39. The van der Waals surface area contributed by atoms with Gasteiger partial charge in [0.25, 0.3) is 0 Å². The number of pyridine rings is 1. The monoisotopic (exact) mass is 589 g/mol. The van der Waals surface area contributed by atoms with Gasteiger partial charge in [-0.2, -0.15) is 0 Å². The number of anilines is 1. The molecule has 4 aromatic rings. The van der Waals surface area contributed by atoms with Crippen LogP contribution in [0.15, 0.2) is 78.4 Å². The molecule has 6 nitrogen and oxygen atoms in total. The first-order valence-corrected chi connectivity index (χ1v) is 15.0. The number of amides is 2. The third-order valence-electron chi connectivity index (χ3n) is 7.84. The fourth-order valence-electron chi connectivity index (χ4n) is 5.68. The number of rotatable bonds is 6. The zero-order valence-corrected chi connectivity index (χ0v) is 24.2. The van der Waals surface area contributed by atoms with Crippen LogP contribution in [-0.4, -0.2) is 47.1 Å². The molecule has 2 amide bonds. The summed E-state index contributed by atoms with van der Waals surface area (Å²) in [7, 11) is 0. The topological polar surface area (TPSA) is 61.4 Å². The number of fused-ring (bicyclic) bond motifs is 2. The maximum absolute atomic E-state index is 13.5. The van der Waals surface area contributed by atoms with Crippen LogP contribution >= 0.6 is 34.5 Å². The van der Waals surface area contributed by atoms with E-state index in [0.29, 0.717) is 18.2 Å². The van der Waals surface area contributed by atoms with E-state index in [1.165, 1.54) is 5.56 Å². The Bertz CT molecular complexity index is 1520. The molecule has 0 unspecified atom stereocenters. The molecule has 0 radical (unpaired) electrons. The standard InChI is InChI=1S/C31H29Cl2N5OS/c32-25-6-3-22(4-7-25)2-1-14-37-15-10-31(11-16-37)21-38(30(39)36-20-23-9-12-34-28(33)18-23)27-8-5-24(19-26(27)31)29-35-13-17-40-29/h1-9,12-13,17-19H,10-11,14-16,20-21H2,(H,36,39). The summed E-state index contributed by atoms with van der Waals surface area (Å²) in [5.41, 5.74) is 5.32. The summed E-state index contributed by atoms with van der Waals surface area (Å²) in [6.07, 6.45) is 9.83. The van der Waals surface area contributed by atoms with Gasteiger partial charge in [-0.1, -0.05) is 47.5 Å². The molecule has 2 aromatic carbocycles. The van der Waals surface area contributed by atoms with E-state index < -0.39 is 0 Å². The van der Waals surface area contributed by atoms with Crippen molar-refractivity contribution < 1.29 is 4.79 Å². The van der Waals surface area contributed by atoms with E-state index in [9.17, 15) is 4.79 Å². The van der Waals surface area contributed by atoms with Crippen molar-refractivity contribution >= 4 is 52.3 Å². The van der Waals surface area contributed by atoms with Gasteiger partial charge in [-0.3, -0.25) is 9.80 Å². The van der Waals surface area contributed by atoms with Gasteiger partial charge in [0.1, 0.15) is 10.2 Å². The van der Waals surface area contributed by atoms with E-state index in [2.05, 4.69) is 50.5 Å². The number of nitrogens with one attached hydrogen (secondary N) is 1. The molecular weight excluding hydrogens is 561 g/mol. The Morgan fingerprint density at radius 3 is 2.60 bits per heavy atom. The second kappa shape index (κ2) is 11.7. The van der Waals surface area contributed by atoms with Gasteiger partial charge in [-0.05, 0) is 85.1 Å². The highest BCUT2D eigenvalue weighted by atomic mass is 35.5. The summed E-state index contributed by atoms with van der Waals surface area (Å²) in [6.45, 7) is 3.89. The molecule has 0 atom stereocenters. The molecule has 2 aromatic heterocycles. The van der Waals surface area contributed by atoms with Crippen molar-refractivity contribution in [3.63, 3.8) is 0 Å². The van der Waals surface area contributed by atoms with Crippen LogP contribution in [0, 0.1) is 0 Å². The molecule has 6 rings (SSSR count). The van der Waals surface area contributed by atoms with Crippen molar-refractivity contribution in [2.24, 2.45) is 0 Å². The number of piperidine rings is 1. The Morgan fingerprint density at radius 2 is 1.85 bits per heavy atom. The third kappa shape index (κ3) is 5.79. The number of hydrogen-bond donors (Lipinski definition) is 1. The fraction of sp³-hybridized carbons (Fsp3) is 0.258. The molecular formula is C31H29Cl2N5OS. The lowest BCUT2D eigenvalue weighted by atomic mass is 9.74. The quantitative estimate of drug-likeness (QED) is 0.240. The molecule has 2 aliphatic rings. The number of benzene rings is 2. The summed E-state index contributed by atoms with van der Waals surface area (Å²) in [5.74, 6) is 0. The maximum Gasteiger partial charge on any atom is 0.322 e. The summed E-state index contributed by atoms with van der Waals surface area (Å²) in [5, 5.41) is 7.26. The first kappa shape index (κ1) is 27.0. The highest BCUT2D eigenvalue weighted by Crippen LogP contribution is 2.48. The molecule has 1 saturated heterocycles. The minimum atomic E-state index is -0.0959. The third-order valence-corrected chi connectivity index (χ3v) is 9.12. The van der Waals surface area contributed by atoms with Crippen LogP contribution in [0.3, 0.4) is 0 Å². The van der Waals surface area contributed by atoms with Crippen LogP contribution in [-0.2, 0) is 12.0 Å². The Kier molecular flexibility index (Phi) is 7.89. The molecule has 1 N–H and O–H groups in total. The Hall–Kier alpha value is -3.23. The number of nitrogens with zero attached hydrogens (tertiary/aromatic N) is 4. The molecule has 0 aliphatic carbocycles. The van der Waals surface area contributed by atoms with Gasteiger partial charge >= 0.3 is 6.03 Å². The Labute approximate surface area is 248 Å². The van der Waals surface area contributed by atoms with Crippen LogP contribution in [0.5, 0.6) is 0 Å². The smallest absolute Gasteiger partial charge is 0.322 e. The van der Waals surface area contributed by atoms with E-state index in [4.69, 9.17) is 23.2 Å². The average Bonchev–Trinajstić information content (AvgIpc) is 3.61. The molecule has 2 aliphatic heterocycles. The number of halogens is 2. The number of aromatic nitrogens is 2. The van der Waals surface area contributed by atoms with E-state index in [-0.39, 0.29) is 11.4 Å². The number of carbonyl (C=O) groups excluding carboxylic acids is 1. The number of urea groups is 1. The minimum absolute atomic E-state index is 0.0870. The molecule has 40 heavy (non-hydrogen) atoms. The lowest BCUT2D eigenvalue weighted by molar-refractivity contribution is 0.180. The number of thiazole rings is 1. The van der Waals surface area contributed by atoms with Gasteiger partial charge in [0.15, 0.2) is 0 Å². The van der Waals surface area contributed by atoms with Crippen LogP contribution < -0.4 is 10.2 Å². The molecule has 0 saturated carbocycles. The SMILES string of the molecule is O=C(NCc1ccnc(Cl)c1)N1CC2(CCN(CC=Cc3ccc(Cl)cc3)CC2)c2cc(-c3nccs3)ccc21. The molecule has 1 fully saturated rings. The van der Waals surface area contributed by atoms with Crippen molar-refractivity contribution in [1.82, 2.24) is 20.2 Å². The van der Waals surface area contributed by atoms with E-state index in [1.54, 1.807) is 23.6 Å². The summed E-state index contributed by atoms with van der Waals surface area (Å²) in [4.78, 5) is 26.5. The number of carbonyl (C=O) groups is 1. The zero-order valence-electron chi connectivity index (χ0n) is 21.9. The molecule has 9 heteroatoms. The minimum Gasteiger partial charge on any atom is -0.334 e. The van der Waals surface area contributed by atoms with Crippen LogP contribution in [0.4, 0.5) is 10.5 Å². The fourth-order valence-corrected chi connectivity index (χ4v) is 6.64. The second-order valence-electron chi connectivity index (χ2n) is 10.3. The summed E-state index contributed by atoms with van der Waals surface area (Å²) in [6, 6.07) is 17.9. The van der Waals surface area contributed by atoms with Gasteiger partial charge in [-0.25, -0.2) is 14.8 Å². The average molecular weight is 591 g/mol. The van der Waals surface area contributed by atoms with Crippen LogP contribution in [0.2, 0.25) is 10.2 Å². The van der Waals surface area contributed by atoms with E-state index in [1.807, 2.05) is 46.8 Å². The first-order valence-electron chi connectivity index (χ1n) is 13.3. The molecule has 1 spiro atoms. The number of likely N-dealkylation sites (tertiary alicyclic amines) is 1. The van der Waals surface area contributed by atoms with Crippen molar-refractivity contribution in [2.45, 2.75) is 24.8 Å². The van der Waals surface area contributed by atoms with E-state index in [0.717, 1.165) is 64.9 Å². The maximum atomic E-state index is 13.5. The molecule has 204 valence electrons. The van der Waals surface area contributed by atoms with E-state index >= 15 is 0 Å². The predicted octanol–water partition coefficient (Wildman–Crippen LogP) is 7.29. The van der Waals surface area contributed by atoms with Gasteiger partial charge in [-0.15, -0.1) is 11.3 Å². The molecule has 0 bridgehead atoms. The van der Waals surface area contributed by atoms with Gasteiger partial charge in [0.2, 0.25) is 0 Å². The van der Waals surface area contributed by atoms with Crippen molar-refractivity contribution in [3.05, 3.63) is 105 Å². The highest BCUT2D eigenvalue weighted by molar-refractivity contribution is 7.13. The molecule has 4 heterocycles. The predicted molar refractivity (Wildman–Crippen MR) is 164 cm³/mol. The van der Waals surface area contributed by atoms with Crippen LogP contribution in [0.1, 0.15) is 29.5 Å².